The van der Waals surface area contributed by atoms with Crippen LogP contribution in [-0.4, -0.2) is 35.3 Å². The molecule has 0 unspecified atom stereocenters. The molecule has 0 spiro atoms. The number of anilines is 1. The van der Waals surface area contributed by atoms with E-state index in [-0.39, 0.29) is 17.4 Å². The summed E-state index contributed by atoms with van der Waals surface area (Å²) < 4.78 is 36.8. The summed E-state index contributed by atoms with van der Waals surface area (Å²) in [6.45, 7) is 2.07. The van der Waals surface area contributed by atoms with E-state index < -0.39 is 18.7 Å². The number of hydrogen-bond donors (Lipinski definition) is 1. The summed E-state index contributed by atoms with van der Waals surface area (Å²) in [5.74, 6) is -1.23. The maximum atomic E-state index is 12.3. The molecule has 0 aliphatic rings. The standard InChI is InChI=1S/C9H11F3N2O2S/c1-3-14(4-9(10,11)12)8-13-6(7(15)16)5(2)17-8/h3-4H2,1-2H3,(H,15,16). The minimum absolute atomic E-state index is 0.0831. The van der Waals surface area contributed by atoms with Crippen LogP contribution in [0.5, 0.6) is 0 Å². The summed E-state index contributed by atoms with van der Waals surface area (Å²) in [6, 6.07) is 0. The van der Waals surface area contributed by atoms with Crippen molar-refractivity contribution in [3.63, 3.8) is 0 Å². The van der Waals surface area contributed by atoms with E-state index in [1.165, 1.54) is 6.92 Å². The van der Waals surface area contributed by atoms with Crippen LogP contribution in [0.15, 0.2) is 0 Å². The highest BCUT2D eigenvalue weighted by atomic mass is 32.1. The van der Waals surface area contributed by atoms with Crippen molar-refractivity contribution < 1.29 is 23.1 Å². The number of carboxylic acid groups (broad SMARTS) is 1. The number of carbonyl (C=O) groups is 1. The van der Waals surface area contributed by atoms with Crippen LogP contribution in [-0.2, 0) is 0 Å². The SMILES string of the molecule is CCN(CC(F)(F)F)c1nc(C(=O)O)c(C)s1. The van der Waals surface area contributed by atoms with Crippen LogP contribution < -0.4 is 4.90 Å². The zero-order valence-corrected chi connectivity index (χ0v) is 10.0. The van der Waals surface area contributed by atoms with Crippen molar-refractivity contribution in [1.29, 1.82) is 0 Å². The van der Waals surface area contributed by atoms with Crippen molar-refractivity contribution in [2.45, 2.75) is 20.0 Å². The first kappa shape index (κ1) is 13.8. The predicted octanol–water partition coefficient (Wildman–Crippen LogP) is 2.54. The molecule has 0 radical (unpaired) electrons. The van der Waals surface area contributed by atoms with Crippen molar-refractivity contribution in [3.8, 4) is 0 Å². The number of aromatic carboxylic acids is 1. The van der Waals surface area contributed by atoms with E-state index in [1.54, 1.807) is 6.92 Å². The zero-order valence-electron chi connectivity index (χ0n) is 9.21. The maximum absolute atomic E-state index is 12.3. The highest BCUT2D eigenvalue weighted by Gasteiger charge is 2.32. The molecule has 8 heteroatoms. The summed E-state index contributed by atoms with van der Waals surface area (Å²) in [5.41, 5.74) is -0.189. The Bertz CT molecular complexity index is 417. The van der Waals surface area contributed by atoms with E-state index in [9.17, 15) is 18.0 Å². The third-order valence-corrected chi connectivity index (χ3v) is 3.04. The molecule has 0 aliphatic carbocycles. The van der Waals surface area contributed by atoms with Gasteiger partial charge in [-0.3, -0.25) is 0 Å². The van der Waals surface area contributed by atoms with Crippen molar-refractivity contribution in [2.75, 3.05) is 18.0 Å². The summed E-state index contributed by atoms with van der Waals surface area (Å²) in [4.78, 5) is 15.8. The molecule has 96 valence electrons. The molecule has 0 fully saturated rings. The topological polar surface area (TPSA) is 53.4 Å². The molecule has 0 aliphatic heterocycles. The van der Waals surface area contributed by atoms with Gasteiger partial charge in [0.2, 0.25) is 0 Å². The van der Waals surface area contributed by atoms with Gasteiger partial charge in [0, 0.05) is 11.4 Å². The Balaban J connectivity index is 2.97. The molecule has 0 aromatic carbocycles. The second-order valence-electron chi connectivity index (χ2n) is 3.34. The fourth-order valence-corrected chi connectivity index (χ4v) is 2.21. The van der Waals surface area contributed by atoms with Crippen LogP contribution in [0.3, 0.4) is 0 Å². The van der Waals surface area contributed by atoms with Crippen molar-refractivity contribution >= 4 is 22.4 Å². The number of carboxylic acids is 1. The lowest BCUT2D eigenvalue weighted by atomic mass is 10.4. The van der Waals surface area contributed by atoms with Gasteiger partial charge in [-0.15, -0.1) is 11.3 Å². The summed E-state index contributed by atoms with van der Waals surface area (Å²) in [6.07, 6.45) is -4.33. The zero-order chi connectivity index (χ0) is 13.2. The molecule has 1 aromatic rings. The van der Waals surface area contributed by atoms with Gasteiger partial charge >= 0.3 is 12.1 Å². The summed E-state index contributed by atoms with van der Waals surface area (Å²) >= 11 is 0.950. The lowest BCUT2D eigenvalue weighted by Gasteiger charge is -2.21. The third-order valence-electron chi connectivity index (χ3n) is 2.01. The maximum Gasteiger partial charge on any atom is 0.406 e. The molecule has 0 saturated carbocycles. The smallest absolute Gasteiger partial charge is 0.406 e. The highest BCUT2D eigenvalue weighted by molar-refractivity contribution is 7.15. The van der Waals surface area contributed by atoms with Gasteiger partial charge < -0.3 is 10.0 Å². The monoisotopic (exact) mass is 268 g/mol. The fraction of sp³-hybridized carbons (Fsp3) is 0.556. The number of hydrogen-bond acceptors (Lipinski definition) is 4. The number of halogens is 3. The Kier molecular flexibility index (Phi) is 3.97. The van der Waals surface area contributed by atoms with Crippen LogP contribution in [0.25, 0.3) is 0 Å². The van der Waals surface area contributed by atoms with Crippen LogP contribution in [0.2, 0.25) is 0 Å². The molecular weight excluding hydrogens is 257 g/mol. The van der Waals surface area contributed by atoms with Gasteiger partial charge in [0.1, 0.15) is 6.54 Å². The molecule has 0 atom stereocenters. The van der Waals surface area contributed by atoms with E-state index >= 15 is 0 Å². The van der Waals surface area contributed by atoms with E-state index in [0.29, 0.717) is 4.88 Å². The van der Waals surface area contributed by atoms with E-state index in [0.717, 1.165) is 16.2 Å². The fourth-order valence-electron chi connectivity index (χ4n) is 1.25. The largest absolute Gasteiger partial charge is 0.476 e. The molecular formula is C9H11F3N2O2S. The number of nitrogens with zero attached hydrogens (tertiary/aromatic N) is 2. The van der Waals surface area contributed by atoms with E-state index in [1.807, 2.05) is 0 Å². The Morgan fingerprint density at radius 2 is 2.12 bits per heavy atom. The minimum atomic E-state index is -4.33. The first-order chi connectivity index (χ1) is 7.74. The molecule has 0 amide bonds. The van der Waals surface area contributed by atoms with Gasteiger partial charge in [-0.25, -0.2) is 9.78 Å². The lowest BCUT2D eigenvalue weighted by molar-refractivity contribution is -0.119. The summed E-state index contributed by atoms with van der Waals surface area (Å²) in [5, 5.41) is 8.85. The average Bonchev–Trinajstić information content (AvgIpc) is 2.55. The number of aryl methyl sites for hydroxylation is 1. The first-order valence-corrected chi connectivity index (χ1v) is 5.58. The van der Waals surface area contributed by atoms with Gasteiger partial charge in [-0.1, -0.05) is 0 Å². The Morgan fingerprint density at radius 1 is 1.53 bits per heavy atom. The molecule has 17 heavy (non-hydrogen) atoms. The number of alkyl halides is 3. The van der Waals surface area contributed by atoms with Gasteiger partial charge in [-0.2, -0.15) is 13.2 Å². The molecule has 0 saturated heterocycles. The van der Waals surface area contributed by atoms with E-state index in [4.69, 9.17) is 5.11 Å². The van der Waals surface area contributed by atoms with Crippen molar-refractivity contribution in [1.82, 2.24) is 4.98 Å². The summed E-state index contributed by atoms with van der Waals surface area (Å²) in [7, 11) is 0. The molecule has 1 aromatic heterocycles. The first-order valence-electron chi connectivity index (χ1n) is 4.77. The second kappa shape index (κ2) is 4.91. The normalized spacial score (nSPS) is 11.6. The predicted molar refractivity (Wildman–Crippen MR) is 57.8 cm³/mol. The third kappa shape index (κ3) is 3.58. The molecule has 1 rings (SSSR count). The van der Waals surface area contributed by atoms with Gasteiger partial charge in [0.15, 0.2) is 10.8 Å². The number of rotatable bonds is 4. The van der Waals surface area contributed by atoms with Crippen LogP contribution in [0.1, 0.15) is 22.3 Å². The quantitative estimate of drug-likeness (QED) is 0.911. The number of thiazole rings is 1. The highest BCUT2D eigenvalue weighted by Crippen LogP contribution is 2.28. The van der Waals surface area contributed by atoms with Crippen molar-refractivity contribution in [3.05, 3.63) is 10.6 Å². The molecule has 1 N–H and O–H groups in total. The molecule has 4 nitrogen and oxygen atoms in total. The van der Waals surface area contributed by atoms with Crippen LogP contribution >= 0.6 is 11.3 Å². The minimum Gasteiger partial charge on any atom is -0.476 e. The van der Waals surface area contributed by atoms with Gasteiger partial charge in [-0.05, 0) is 13.8 Å². The second-order valence-corrected chi connectivity index (χ2v) is 4.52. The van der Waals surface area contributed by atoms with Crippen molar-refractivity contribution in [2.24, 2.45) is 0 Å². The Hall–Kier alpha value is -1.31. The molecule has 1 heterocycles. The van der Waals surface area contributed by atoms with Crippen LogP contribution in [0, 0.1) is 6.92 Å². The van der Waals surface area contributed by atoms with Gasteiger partial charge in [0.05, 0.1) is 0 Å². The molecule has 0 bridgehead atoms. The van der Waals surface area contributed by atoms with E-state index in [2.05, 4.69) is 4.98 Å². The average molecular weight is 268 g/mol. The Morgan fingerprint density at radius 3 is 2.47 bits per heavy atom. The Labute approximate surface area is 99.7 Å². The van der Waals surface area contributed by atoms with Gasteiger partial charge in [0.25, 0.3) is 0 Å². The van der Waals surface area contributed by atoms with Crippen LogP contribution in [0.4, 0.5) is 18.3 Å². The lowest BCUT2D eigenvalue weighted by Crippen LogP contribution is -2.34. The number of aromatic nitrogens is 1.